The fourth-order valence-corrected chi connectivity index (χ4v) is 4.61. The molecule has 0 unspecified atom stereocenters. The van der Waals surface area contributed by atoms with E-state index in [1.165, 1.54) is 0 Å². The minimum Gasteiger partial charge on any atom is -0.306 e. The van der Waals surface area contributed by atoms with Crippen LogP contribution in [0, 0.1) is 11.3 Å². The van der Waals surface area contributed by atoms with Crippen molar-refractivity contribution in [2.75, 3.05) is 9.80 Å². The summed E-state index contributed by atoms with van der Waals surface area (Å²) in [6.45, 7) is 0. The molecular weight excluding hydrogens is 416 g/mol. The lowest BCUT2D eigenvalue weighted by molar-refractivity contribution is 1.17. The molecule has 4 heteroatoms. The lowest BCUT2D eigenvalue weighted by atomic mass is 10.0. The number of nitriles is 1. The van der Waals surface area contributed by atoms with E-state index in [1.54, 1.807) is 18.5 Å². The molecule has 0 N–H and O–H groups in total. The van der Waals surface area contributed by atoms with Gasteiger partial charge in [-0.1, -0.05) is 54.6 Å². The Kier molecular flexibility index (Phi) is 4.79. The highest BCUT2D eigenvalue weighted by molar-refractivity contribution is 6.01. The second kappa shape index (κ2) is 8.23. The third kappa shape index (κ3) is 3.19. The first-order valence-corrected chi connectivity index (χ1v) is 11.1. The molecule has 1 aliphatic heterocycles. The van der Waals surface area contributed by atoms with E-state index in [4.69, 9.17) is 0 Å². The Bertz CT molecular complexity index is 1490. The van der Waals surface area contributed by atoms with E-state index in [2.05, 4.69) is 106 Å². The molecule has 1 aromatic heterocycles. The summed E-state index contributed by atoms with van der Waals surface area (Å²) in [4.78, 5) is 8.85. The predicted octanol–water partition coefficient (Wildman–Crippen LogP) is 7.87. The summed E-state index contributed by atoms with van der Waals surface area (Å²) in [6.07, 6.45) is 3.41. The molecule has 0 saturated carbocycles. The van der Waals surface area contributed by atoms with Gasteiger partial charge >= 0.3 is 0 Å². The molecule has 0 radical (unpaired) electrons. The number of fused-ring (bicyclic) bond motifs is 2. The number of nitrogens with zero attached hydrogens (tertiary/aromatic N) is 4. The van der Waals surface area contributed by atoms with Crippen molar-refractivity contribution >= 4 is 34.1 Å². The van der Waals surface area contributed by atoms with Crippen molar-refractivity contribution in [2.24, 2.45) is 0 Å². The first-order chi connectivity index (χ1) is 16.8. The summed E-state index contributed by atoms with van der Waals surface area (Å²) in [7, 11) is 0. The summed E-state index contributed by atoms with van der Waals surface area (Å²) in [5.74, 6) is 0. The molecule has 2 heterocycles. The molecule has 5 aromatic rings. The van der Waals surface area contributed by atoms with Crippen LogP contribution in [0.5, 0.6) is 0 Å². The van der Waals surface area contributed by atoms with Gasteiger partial charge in [0.2, 0.25) is 0 Å². The van der Waals surface area contributed by atoms with Crippen molar-refractivity contribution in [1.29, 1.82) is 5.26 Å². The third-order valence-corrected chi connectivity index (χ3v) is 6.10. The molecule has 6 rings (SSSR count). The summed E-state index contributed by atoms with van der Waals surface area (Å²) in [6, 6.07) is 39.7. The number of pyridine rings is 1. The molecule has 0 amide bonds. The average molecular weight is 437 g/mol. The van der Waals surface area contributed by atoms with Crippen molar-refractivity contribution in [3.8, 4) is 17.2 Å². The van der Waals surface area contributed by atoms with Crippen molar-refractivity contribution in [2.45, 2.75) is 0 Å². The first-order valence-electron chi connectivity index (χ1n) is 11.1. The van der Waals surface area contributed by atoms with Crippen LogP contribution in [0.3, 0.4) is 0 Å². The highest BCUT2D eigenvalue weighted by Crippen LogP contribution is 2.54. The van der Waals surface area contributed by atoms with Crippen LogP contribution in [0.1, 0.15) is 5.56 Å². The molecule has 0 saturated heterocycles. The van der Waals surface area contributed by atoms with Crippen LogP contribution >= 0.6 is 0 Å². The van der Waals surface area contributed by atoms with Crippen LogP contribution in [0.25, 0.3) is 11.1 Å². The van der Waals surface area contributed by atoms with Crippen molar-refractivity contribution in [3.05, 3.63) is 127 Å². The van der Waals surface area contributed by atoms with Gasteiger partial charge in [0.15, 0.2) is 0 Å². The van der Waals surface area contributed by atoms with Crippen LogP contribution in [0.15, 0.2) is 122 Å². The molecule has 160 valence electrons. The van der Waals surface area contributed by atoms with E-state index in [0.717, 1.165) is 45.3 Å². The van der Waals surface area contributed by atoms with Crippen LogP contribution in [0.2, 0.25) is 0 Å². The van der Waals surface area contributed by atoms with Gasteiger partial charge in [0.25, 0.3) is 0 Å². The van der Waals surface area contributed by atoms with Gasteiger partial charge in [0.1, 0.15) is 0 Å². The van der Waals surface area contributed by atoms with Crippen LogP contribution in [0.4, 0.5) is 34.1 Å². The molecule has 0 fully saturated rings. The van der Waals surface area contributed by atoms with E-state index in [0.29, 0.717) is 5.56 Å². The number of rotatable bonds is 3. The number of benzene rings is 4. The van der Waals surface area contributed by atoms with E-state index >= 15 is 0 Å². The van der Waals surface area contributed by atoms with Crippen LogP contribution in [-0.2, 0) is 0 Å². The minimum absolute atomic E-state index is 0.613. The van der Waals surface area contributed by atoms with Gasteiger partial charge in [-0.3, -0.25) is 4.98 Å². The number of hydrogen-bond donors (Lipinski definition) is 0. The Morgan fingerprint density at radius 2 is 1.15 bits per heavy atom. The van der Waals surface area contributed by atoms with Gasteiger partial charge in [0, 0.05) is 29.3 Å². The number of anilines is 6. The molecule has 0 atom stereocenters. The second-order valence-electron chi connectivity index (χ2n) is 8.07. The lowest BCUT2D eigenvalue weighted by Gasteiger charge is -2.40. The normalized spacial score (nSPS) is 12.0. The van der Waals surface area contributed by atoms with Crippen LogP contribution in [-0.4, -0.2) is 4.98 Å². The van der Waals surface area contributed by atoms with E-state index in [1.807, 2.05) is 18.2 Å². The van der Waals surface area contributed by atoms with Crippen molar-refractivity contribution < 1.29 is 0 Å². The fourth-order valence-electron chi connectivity index (χ4n) is 4.61. The number of para-hydroxylation sites is 5. The van der Waals surface area contributed by atoms with Gasteiger partial charge in [-0.15, -0.1) is 0 Å². The molecule has 1 aliphatic rings. The molecule has 34 heavy (non-hydrogen) atoms. The standard InChI is InChI=1S/C30H20N4/c31-20-23-17-18-32-21-26(23)22-9-8-12-25(19-22)34-29-15-6-4-13-27(29)33(24-10-2-1-3-11-24)28-14-5-7-16-30(28)34/h1-19,21H. The quantitative estimate of drug-likeness (QED) is 0.283. The van der Waals surface area contributed by atoms with Crippen molar-refractivity contribution in [1.82, 2.24) is 4.98 Å². The Morgan fingerprint density at radius 3 is 1.76 bits per heavy atom. The van der Waals surface area contributed by atoms with Gasteiger partial charge in [-0.25, -0.2) is 0 Å². The Hall–Kier alpha value is -4.88. The molecule has 4 aromatic carbocycles. The molecule has 4 nitrogen and oxygen atoms in total. The zero-order chi connectivity index (χ0) is 22.9. The fraction of sp³-hybridized carbons (Fsp3) is 0. The zero-order valence-electron chi connectivity index (χ0n) is 18.3. The van der Waals surface area contributed by atoms with Gasteiger partial charge < -0.3 is 9.80 Å². The Morgan fingerprint density at radius 1 is 0.588 bits per heavy atom. The molecular formula is C30H20N4. The Labute approximate surface area is 198 Å². The van der Waals surface area contributed by atoms with Crippen molar-refractivity contribution in [3.63, 3.8) is 0 Å². The SMILES string of the molecule is N#Cc1ccncc1-c1cccc(N2c3ccccc3N(c3ccccc3)c3ccccc32)c1. The summed E-state index contributed by atoms with van der Waals surface area (Å²) in [5, 5.41) is 9.60. The van der Waals surface area contributed by atoms with Gasteiger partial charge in [-0.05, 0) is 60.2 Å². The topological polar surface area (TPSA) is 43.2 Å². The summed E-state index contributed by atoms with van der Waals surface area (Å²) >= 11 is 0. The average Bonchev–Trinajstić information content (AvgIpc) is 2.92. The maximum Gasteiger partial charge on any atom is 0.0999 e. The van der Waals surface area contributed by atoms with E-state index in [9.17, 15) is 5.26 Å². The number of hydrogen-bond acceptors (Lipinski definition) is 4. The summed E-state index contributed by atoms with van der Waals surface area (Å²) in [5.41, 5.74) is 8.94. The highest BCUT2D eigenvalue weighted by Gasteiger charge is 2.30. The maximum atomic E-state index is 9.60. The molecule has 0 spiro atoms. The highest BCUT2D eigenvalue weighted by atomic mass is 15.3. The zero-order valence-corrected chi connectivity index (χ0v) is 18.3. The smallest absolute Gasteiger partial charge is 0.0999 e. The first kappa shape index (κ1) is 19.8. The second-order valence-corrected chi connectivity index (χ2v) is 8.07. The van der Waals surface area contributed by atoms with E-state index < -0.39 is 0 Å². The monoisotopic (exact) mass is 436 g/mol. The largest absolute Gasteiger partial charge is 0.306 e. The van der Waals surface area contributed by atoms with Gasteiger partial charge in [-0.2, -0.15) is 5.26 Å². The summed E-state index contributed by atoms with van der Waals surface area (Å²) < 4.78 is 0. The van der Waals surface area contributed by atoms with Crippen LogP contribution < -0.4 is 9.80 Å². The third-order valence-electron chi connectivity index (χ3n) is 6.10. The maximum absolute atomic E-state index is 9.60. The van der Waals surface area contributed by atoms with E-state index in [-0.39, 0.29) is 0 Å². The predicted molar refractivity (Wildman–Crippen MR) is 137 cm³/mol. The van der Waals surface area contributed by atoms with Gasteiger partial charge in [0.05, 0.1) is 34.4 Å². The lowest BCUT2D eigenvalue weighted by Crippen LogP contribution is -2.23. The molecule has 0 bridgehead atoms. The Balaban J connectivity index is 1.56. The number of aromatic nitrogens is 1. The molecule has 0 aliphatic carbocycles. The minimum atomic E-state index is 0.613.